The van der Waals surface area contributed by atoms with E-state index >= 15 is 0 Å². The van der Waals surface area contributed by atoms with Gasteiger partial charge in [-0.15, -0.1) is 0 Å². The second-order valence-electron chi connectivity index (χ2n) is 3.53. The fraction of sp³-hybridized carbons (Fsp3) is 0.0909. The summed E-state index contributed by atoms with van der Waals surface area (Å²) >= 11 is 1.38. The summed E-state index contributed by atoms with van der Waals surface area (Å²) in [6, 6.07) is 7.94. The number of anilines is 1. The number of hydrogen-bond donors (Lipinski definition) is 1. The van der Waals surface area contributed by atoms with Gasteiger partial charge in [-0.2, -0.15) is 0 Å². The van der Waals surface area contributed by atoms with Crippen molar-refractivity contribution in [3.05, 3.63) is 46.3 Å². The monoisotopic (exact) mass is 262 g/mol. The first-order valence-corrected chi connectivity index (χ1v) is 5.90. The van der Waals surface area contributed by atoms with Crippen LogP contribution in [0.25, 0.3) is 0 Å². The van der Waals surface area contributed by atoms with Gasteiger partial charge in [0.2, 0.25) is 0 Å². The highest BCUT2D eigenvalue weighted by atomic mass is 32.2. The third-order valence-electron chi connectivity index (χ3n) is 2.10. The molecule has 0 aliphatic rings. The van der Waals surface area contributed by atoms with E-state index in [9.17, 15) is 10.1 Å². The molecule has 0 saturated heterocycles. The second kappa shape index (κ2) is 5.01. The van der Waals surface area contributed by atoms with E-state index in [0.717, 1.165) is 4.90 Å². The van der Waals surface area contributed by atoms with Crippen LogP contribution in [0, 0.1) is 17.0 Å². The van der Waals surface area contributed by atoms with Crippen molar-refractivity contribution in [2.24, 2.45) is 0 Å². The number of nitro benzene ring substituents is 1. The first-order chi connectivity index (χ1) is 8.54. The van der Waals surface area contributed by atoms with Crippen molar-refractivity contribution in [2.45, 2.75) is 16.8 Å². The van der Waals surface area contributed by atoms with Crippen LogP contribution in [-0.2, 0) is 0 Å². The van der Waals surface area contributed by atoms with E-state index < -0.39 is 4.92 Å². The lowest BCUT2D eigenvalue weighted by molar-refractivity contribution is -0.384. The van der Waals surface area contributed by atoms with E-state index in [-0.39, 0.29) is 5.69 Å². The first-order valence-electron chi connectivity index (χ1n) is 5.08. The molecule has 92 valence electrons. The molecule has 0 radical (unpaired) electrons. The number of nitrogens with zero attached hydrogens (tertiary/aromatic N) is 3. The second-order valence-corrected chi connectivity index (χ2v) is 4.63. The number of nitrogen functional groups attached to an aromatic ring is 1. The Labute approximate surface area is 107 Å². The van der Waals surface area contributed by atoms with Crippen LogP contribution in [0.3, 0.4) is 0 Å². The summed E-state index contributed by atoms with van der Waals surface area (Å²) in [6.07, 6.45) is 0. The average Bonchev–Trinajstić information content (AvgIpc) is 2.28. The number of rotatable bonds is 3. The number of nitro groups is 1. The summed E-state index contributed by atoms with van der Waals surface area (Å²) in [4.78, 5) is 19.2. The van der Waals surface area contributed by atoms with Crippen LogP contribution in [0.5, 0.6) is 0 Å². The number of nitrogens with two attached hydrogens (primary N) is 1. The maximum Gasteiger partial charge on any atom is 0.269 e. The first kappa shape index (κ1) is 12.3. The summed E-state index contributed by atoms with van der Waals surface area (Å²) in [6.45, 7) is 1.76. The lowest BCUT2D eigenvalue weighted by Gasteiger charge is -2.02. The molecule has 2 rings (SSSR count). The number of aromatic nitrogens is 2. The van der Waals surface area contributed by atoms with Gasteiger partial charge in [0.25, 0.3) is 5.69 Å². The van der Waals surface area contributed by atoms with Crippen molar-refractivity contribution in [3.63, 3.8) is 0 Å². The lowest BCUT2D eigenvalue weighted by Crippen LogP contribution is -1.96. The van der Waals surface area contributed by atoms with Crippen LogP contribution >= 0.6 is 11.8 Å². The zero-order chi connectivity index (χ0) is 13.1. The van der Waals surface area contributed by atoms with Gasteiger partial charge in [0.1, 0.15) is 16.7 Å². The van der Waals surface area contributed by atoms with Gasteiger partial charge >= 0.3 is 0 Å². The van der Waals surface area contributed by atoms with Crippen LogP contribution in [0.15, 0.2) is 40.3 Å². The molecule has 6 nitrogen and oxygen atoms in total. The Kier molecular flexibility index (Phi) is 3.42. The molecule has 1 aromatic heterocycles. The van der Waals surface area contributed by atoms with Gasteiger partial charge in [-0.25, -0.2) is 9.97 Å². The molecule has 0 aliphatic carbocycles. The van der Waals surface area contributed by atoms with E-state index in [4.69, 9.17) is 5.73 Å². The highest BCUT2D eigenvalue weighted by molar-refractivity contribution is 7.99. The van der Waals surface area contributed by atoms with Crippen molar-refractivity contribution < 1.29 is 4.92 Å². The van der Waals surface area contributed by atoms with E-state index in [0.29, 0.717) is 16.7 Å². The standard InChI is InChI=1S/C11H10N4O2S/c1-7-13-10(12)6-11(14-7)18-9-4-2-8(3-5-9)15(16)17/h2-6H,1H3,(H2,12,13,14). The van der Waals surface area contributed by atoms with Gasteiger partial charge in [-0.1, -0.05) is 11.8 Å². The van der Waals surface area contributed by atoms with Gasteiger partial charge in [-0.3, -0.25) is 10.1 Å². The molecule has 0 atom stereocenters. The predicted molar refractivity (Wildman–Crippen MR) is 68.4 cm³/mol. The van der Waals surface area contributed by atoms with Gasteiger partial charge in [0, 0.05) is 23.1 Å². The Morgan fingerprint density at radius 1 is 1.28 bits per heavy atom. The van der Waals surface area contributed by atoms with Crippen molar-refractivity contribution in [2.75, 3.05) is 5.73 Å². The molecule has 0 bridgehead atoms. The van der Waals surface area contributed by atoms with Crippen LogP contribution in [0.1, 0.15) is 5.82 Å². The summed E-state index contributed by atoms with van der Waals surface area (Å²) in [5.74, 6) is 1.01. The Balaban J connectivity index is 2.20. The SMILES string of the molecule is Cc1nc(N)cc(Sc2ccc([N+](=O)[O-])cc2)n1. The molecule has 1 heterocycles. The number of hydrogen-bond acceptors (Lipinski definition) is 6. The van der Waals surface area contributed by atoms with Crippen LogP contribution in [0.2, 0.25) is 0 Å². The van der Waals surface area contributed by atoms with E-state index in [1.807, 2.05) is 0 Å². The lowest BCUT2D eigenvalue weighted by atomic mass is 10.3. The largest absolute Gasteiger partial charge is 0.384 e. The molecule has 2 N–H and O–H groups in total. The molecule has 0 unspecified atom stereocenters. The summed E-state index contributed by atoms with van der Waals surface area (Å²) < 4.78 is 0. The van der Waals surface area contributed by atoms with Gasteiger partial charge in [0.05, 0.1) is 4.92 Å². The van der Waals surface area contributed by atoms with E-state index in [1.165, 1.54) is 23.9 Å². The molecule has 7 heteroatoms. The number of non-ortho nitro benzene ring substituents is 1. The molecule has 0 aliphatic heterocycles. The molecule has 0 saturated carbocycles. The number of aryl methyl sites for hydroxylation is 1. The minimum absolute atomic E-state index is 0.0673. The van der Waals surface area contributed by atoms with Gasteiger partial charge < -0.3 is 5.73 Å². The molecule has 0 spiro atoms. The Morgan fingerprint density at radius 3 is 2.50 bits per heavy atom. The molecular weight excluding hydrogens is 252 g/mol. The summed E-state index contributed by atoms with van der Waals surface area (Å²) in [5.41, 5.74) is 5.69. The van der Waals surface area contributed by atoms with Crippen molar-refractivity contribution in [1.29, 1.82) is 0 Å². The fourth-order valence-electron chi connectivity index (χ4n) is 1.37. The predicted octanol–water partition coefficient (Wildman–Crippen LogP) is 2.43. The molecule has 1 aromatic carbocycles. The van der Waals surface area contributed by atoms with Gasteiger partial charge in [-0.05, 0) is 19.1 Å². The summed E-state index contributed by atoms with van der Waals surface area (Å²) in [5, 5.41) is 11.2. The minimum atomic E-state index is -0.429. The topological polar surface area (TPSA) is 94.9 Å². The van der Waals surface area contributed by atoms with E-state index in [1.54, 1.807) is 25.1 Å². The third kappa shape index (κ3) is 2.95. The highest BCUT2D eigenvalue weighted by Gasteiger charge is 2.06. The number of benzene rings is 1. The zero-order valence-corrected chi connectivity index (χ0v) is 10.3. The van der Waals surface area contributed by atoms with E-state index in [2.05, 4.69) is 9.97 Å². The molecule has 0 amide bonds. The van der Waals surface area contributed by atoms with Crippen LogP contribution in [-0.4, -0.2) is 14.9 Å². The Morgan fingerprint density at radius 2 is 1.94 bits per heavy atom. The zero-order valence-electron chi connectivity index (χ0n) is 9.53. The van der Waals surface area contributed by atoms with Crippen LogP contribution < -0.4 is 5.73 Å². The normalized spacial score (nSPS) is 10.3. The Bertz CT molecular complexity index is 566. The van der Waals surface area contributed by atoms with Crippen molar-refractivity contribution in [1.82, 2.24) is 9.97 Å². The van der Waals surface area contributed by atoms with Crippen molar-refractivity contribution >= 4 is 23.3 Å². The molecular formula is C11H10N4O2S. The maximum atomic E-state index is 10.5. The molecule has 2 aromatic rings. The fourth-order valence-corrected chi connectivity index (χ4v) is 2.24. The molecule has 0 fully saturated rings. The van der Waals surface area contributed by atoms with Crippen LogP contribution in [0.4, 0.5) is 11.5 Å². The summed E-state index contributed by atoms with van der Waals surface area (Å²) in [7, 11) is 0. The van der Waals surface area contributed by atoms with Gasteiger partial charge in [0.15, 0.2) is 0 Å². The smallest absolute Gasteiger partial charge is 0.269 e. The highest BCUT2D eigenvalue weighted by Crippen LogP contribution is 2.28. The maximum absolute atomic E-state index is 10.5. The average molecular weight is 262 g/mol. The Hall–Kier alpha value is -2.15. The minimum Gasteiger partial charge on any atom is -0.384 e. The molecule has 18 heavy (non-hydrogen) atoms. The quantitative estimate of drug-likeness (QED) is 0.518. The van der Waals surface area contributed by atoms with Crippen molar-refractivity contribution in [3.8, 4) is 0 Å². The third-order valence-corrected chi connectivity index (χ3v) is 3.03.